The summed E-state index contributed by atoms with van der Waals surface area (Å²) in [5.41, 5.74) is 1.86. The first-order chi connectivity index (χ1) is 12.6. The van der Waals surface area contributed by atoms with E-state index in [1.165, 1.54) is 12.1 Å². The second-order valence-electron chi connectivity index (χ2n) is 5.71. The van der Waals surface area contributed by atoms with E-state index in [1.807, 2.05) is 24.3 Å². The van der Waals surface area contributed by atoms with Gasteiger partial charge in [-0.15, -0.1) is 11.8 Å². The summed E-state index contributed by atoms with van der Waals surface area (Å²) in [6.07, 6.45) is 3.34. The van der Waals surface area contributed by atoms with Crippen LogP contribution in [0, 0.1) is 10.1 Å². The number of non-ortho nitro benzene ring substituents is 1. The second kappa shape index (κ2) is 8.05. The number of methoxy groups -OCH3 is 1. The fraction of sp³-hybridized carbons (Fsp3) is 0.211. The number of nitro benzene ring substituents is 1. The topological polar surface area (TPSA) is 72.7 Å². The molecule has 2 aromatic carbocycles. The Morgan fingerprint density at radius 3 is 2.54 bits per heavy atom. The van der Waals surface area contributed by atoms with Crippen LogP contribution in [0.25, 0.3) is 6.08 Å². The van der Waals surface area contributed by atoms with Crippen molar-refractivity contribution in [3.05, 3.63) is 75.8 Å². The molecule has 0 spiro atoms. The third-order valence-corrected chi connectivity index (χ3v) is 5.36. The van der Waals surface area contributed by atoms with Crippen molar-refractivity contribution in [3.8, 4) is 5.75 Å². The van der Waals surface area contributed by atoms with Gasteiger partial charge in [0.25, 0.3) is 5.69 Å². The molecule has 0 saturated carbocycles. The highest BCUT2D eigenvalue weighted by Gasteiger charge is 2.29. The van der Waals surface area contributed by atoms with Gasteiger partial charge in [-0.1, -0.05) is 12.1 Å². The minimum absolute atomic E-state index is 0.0500. The molecule has 1 aliphatic rings. The standard InChI is InChI=1S/C19H18N2O4S/c1-25-17-9-2-14(3-10-17)4-11-18(22)20-12-13-26-19(20)15-5-7-16(8-6-15)21(23)24/h2-11,19H,12-13H2,1H3/b11-4+. The van der Waals surface area contributed by atoms with Gasteiger partial charge in [0.15, 0.2) is 0 Å². The zero-order valence-electron chi connectivity index (χ0n) is 14.2. The number of hydrogen-bond donors (Lipinski definition) is 0. The molecule has 1 saturated heterocycles. The van der Waals surface area contributed by atoms with Crippen LogP contribution in [0.1, 0.15) is 16.5 Å². The quantitative estimate of drug-likeness (QED) is 0.453. The fourth-order valence-electron chi connectivity index (χ4n) is 2.71. The van der Waals surface area contributed by atoms with E-state index in [2.05, 4.69) is 0 Å². The molecule has 3 rings (SSSR count). The number of nitro groups is 1. The molecular formula is C19H18N2O4S. The van der Waals surface area contributed by atoms with Gasteiger partial charge in [0.2, 0.25) is 5.91 Å². The first kappa shape index (κ1) is 18.0. The largest absolute Gasteiger partial charge is 0.497 e. The number of thioether (sulfide) groups is 1. The van der Waals surface area contributed by atoms with E-state index >= 15 is 0 Å². The molecule has 0 bridgehead atoms. The maximum Gasteiger partial charge on any atom is 0.269 e. The zero-order chi connectivity index (χ0) is 18.5. The van der Waals surface area contributed by atoms with E-state index in [-0.39, 0.29) is 17.0 Å². The van der Waals surface area contributed by atoms with Crippen molar-refractivity contribution in [1.82, 2.24) is 4.90 Å². The van der Waals surface area contributed by atoms with E-state index in [0.717, 1.165) is 22.6 Å². The summed E-state index contributed by atoms with van der Waals surface area (Å²) >= 11 is 1.66. The molecule has 1 atom stereocenters. The molecule has 0 radical (unpaired) electrons. The lowest BCUT2D eigenvalue weighted by atomic mass is 10.1. The molecule has 1 amide bonds. The van der Waals surface area contributed by atoms with Crippen LogP contribution in [0.2, 0.25) is 0 Å². The Morgan fingerprint density at radius 2 is 1.92 bits per heavy atom. The number of nitrogens with zero attached hydrogens (tertiary/aromatic N) is 2. The number of ether oxygens (including phenoxy) is 1. The molecule has 1 aliphatic heterocycles. The van der Waals surface area contributed by atoms with Crippen molar-refractivity contribution in [2.45, 2.75) is 5.37 Å². The summed E-state index contributed by atoms with van der Waals surface area (Å²) in [4.78, 5) is 24.7. The van der Waals surface area contributed by atoms with Crippen LogP contribution in [-0.2, 0) is 4.79 Å². The third-order valence-electron chi connectivity index (χ3n) is 4.10. The predicted octanol–water partition coefficient (Wildman–Crippen LogP) is 3.89. The molecule has 0 aliphatic carbocycles. The SMILES string of the molecule is COc1ccc(/C=C/C(=O)N2CCSC2c2ccc([N+](=O)[O-])cc2)cc1. The van der Waals surface area contributed by atoms with Crippen LogP contribution in [0.3, 0.4) is 0 Å². The lowest BCUT2D eigenvalue weighted by Crippen LogP contribution is -2.28. The van der Waals surface area contributed by atoms with E-state index < -0.39 is 4.92 Å². The first-order valence-corrected chi connectivity index (χ1v) is 9.12. The summed E-state index contributed by atoms with van der Waals surface area (Å²) in [7, 11) is 1.61. The lowest BCUT2D eigenvalue weighted by Gasteiger charge is -2.22. The Morgan fingerprint density at radius 1 is 1.23 bits per heavy atom. The van der Waals surface area contributed by atoms with Crippen LogP contribution < -0.4 is 4.74 Å². The minimum atomic E-state index is -0.425. The number of benzene rings is 2. The average molecular weight is 370 g/mol. The monoisotopic (exact) mass is 370 g/mol. The van der Waals surface area contributed by atoms with Gasteiger partial charge in [0, 0.05) is 30.5 Å². The second-order valence-corrected chi connectivity index (χ2v) is 6.90. The number of carbonyl (C=O) groups is 1. The van der Waals surface area contributed by atoms with Gasteiger partial charge < -0.3 is 9.64 Å². The van der Waals surface area contributed by atoms with Gasteiger partial charge in [0.05, 0.1) is 12.0 Å². The smallest absolute Gasteiger partial charge is 0.269 e. The maximum atomic E-state index is 12.6. The van der Waals surface area contributed by atoms with Crippen molar-refractivity contribution < 1.29 is 14.5 Å². The highest BCUT2D eigenvalue weighted by Crippen LogP contribution is 2.38. The van der Waals surface area contributed by atoms with Crippen LogP contribution >= 0.6 is 11.8 Å². The first-order valence-electron chi connectivity index (χ1n) is 8.07. The summed E-state index contributed by atoms with van der Waals surface area (Å²) in [5, 5.41) is 10.7. The number of hydrogen-bond acceptors (Lipinski definition) is 5. The minimum Gasteiger partial charge on any atom is -0.497 e. The molecule has 7 heteroatoms. The Kier molecular flexibility index (Phi) is 5.58. The number of rotatable bonds is 5. The van der Waals surface area contributed by atoms with E-state index in [1.54, 1.807) is 48.1 Å². The molecule has 6 nitrogen and oxygen atoms in total. The molecule has 0 aromatic heterocycles. The Hall–Kier alpha value is -2.80. The van der Waals surface area contributed by atoms with Gasteiger partial charge in [-0.3, -0.25) is 14.9 Å². The third kappa shape index (κ3) is 4.05. The highest BCUT2D eigenvalue weighted by molar-refractivity contribution is 7.99. The molecule has 1 heterocycles. The van der Waals surface area contributed by atoms with Gasteiger partial charge in [-0.05, 0) is 41.5 Å². The molecule has 1 fully saturated rings. The number of amides is 1. The summed E-state index contributed by atoms with van der Waals surface area (Å²) in [5.74, 6) is 1.53. The molecule has 134 valence electrons. The van der Waals surface area contributed by atoms with Gasteiger partial charge in [-0.25, -0.2) is 0 Å². The molecule has 26 heavy (non-hydrogen) atoms. The van der Waals surface area contributed by atoms with Gasteiger partial charge in [-0.2, -0.15) is 0 Å². The van der Waals surface area contributed by atoms with Gasteiger partial charge in [0.1, 0.15) is 11.1 Å². The van der Waals surface area contributed by atoms with E-state index in [0.29, 0.717) is 6.54 Å². The lowest BCUT2D eigenvalue weighted by molar-refractivity contribution is -0.384. The molecule has 2 aromatic rings. The Balaban J connectivity index is 1.71. The average Bonchev–Trinajstić information content (AvgIpc) is 3.16. The van der Waals surface area contributed by atoms with Crippen molar-refractivity contribution in [3.63, 3.8) is 0 Å². The normalized spacial score (nSPS) is 16.8. The van der Waals surface area contributed by atoms with E-state index in [9.17, 15) is 14.9 Å². The van der Waals surface area contributed by atoms with Crippen LogP contribution in [-0.4, -0.2) is 35.1 Å². The number of carbonyl (C=O) groups excluding carboxylic acids is 1. The van der Waals surface area contributed by atoms with Crippen LogP contribution in [0.15, 0.2) is 54.6 Å². The van der Waals surface area contributed by atoms with Crippen LogP contribution in [0.4, 0.5) is 5.69 Å². The Bertz CT molecular complexity index is 818. The molecular weight excluding hydrogens is 352 g/mol. The fourth-order valence-corrected chi connectivity index (χ4v) is 3.97. The highest BCUT2D eigenvalue weighted by atomic mass is 32.2. The predicted molar refractivity (Wildman–Crippen MR) is 102 cm³/mol. The molecule has 1 unspecified atom stereocenters. The summed E-state index contributed by atoms with van der Waals surface area (Å²) in [6, 6.07) is 13.8. The van der Waals surface area contributed by atoms with Gasteiger partial charge >= 0.3 is 0 Å². The zero-order valence-corrected chi connectivity index (χ0v) is 15.0. The molecule has 0 N–H and O–H groups in total. The van der Waals surface area contributed by atoms with Crippen molar-refractivity contribution in [2.24, 2.45) is 0 Å². The van der Waals surface area contributed by atoms with E-state index in [4.69, 9.17) is 4.74 Å². The summed E-state index contributed by atoms with van der Waals surface area (Å²) < 4.78 is 5.12. The van der Waals surface area contributed by atoms with Crippen molar-refractivity contribution in [1.29, 1.82) is 0 Å². The van der Waals surface area contributed by atoms with Crippen molar-refractivity contribution in [2.75, 3.05) is 19.4 Å². The maximum absolute atomic E-state index is 12.6. The van der Waals surface area contributed by atoms with Crippen molar-refractivity contribution >= 4 is 29.4 Å². The van der Waals surface area contributed by atoms with Crippen LogP contribution in [0.5, 0.6) is 5.75 Å². The Labute approximate surface area is 155 Å². The summed E-state index contributed by atoms with van der Waals surface area (Å²) in [6.45, 7) is 0.651.